The van der Waals surface area contributed by atoms with Gasteiger partial charge in [-0.15, -0.1) is 0 Å². The van der Waals surface area contributed by atoms with Gasteiger partial charge in [0.25, 0.3) is 5.91 Å². The first-order valence-corrected chi connectivity index (χ1v) is 13.5. The summed E-state index contributed by atoms with van der Waals surface area (Å²) in [7, 11) is 3.32. The van der Waals surface area contributed by atoms with Crippen LogP contribution in [0.5, 0.6) is 11.5 Å². The van der Waals surface area contributed by atoms with E-state index in [2.05, 4.69) is 19.6 Å². The van der Waals surface area contributed by atoms with E-state index in [4.69, 9.17) is 9.47 Å². The van der Waals surface area contributed by atoms with Crippen molar-refractivity contribution in [2.24, 2.45) is 5.92 Å². The normalized spacial score (nSPS) is 21.1. The summed E-state index contributed by atoms with van der Waals surface area (Å²) < 4.78 is 11.2. The van der Waals surface area contributed by atoms with Crippen LogP contribution in [0.4, 0.5) is 4.79 Å². The fourth-order valence-corrected chi connectivity index (χ4v) is 6.34. The molecule has 0 N–H and O–H groups in total. The number of methoxy groups -OCH3 is 2. The third kappa shape index (κ3) is 4.51. The molecule has 1 aromatic carbocycles. The molecule has 0 unspecified atom stereocenters. The summed E-state index contributed by atoms with van der Waals surface area (Å²) >= 11 is 1.36. The van der Waals surface area contributed by atoms with Crippen molar-refractivity contribution in [3.05, 3.63) is 58.0 Å². The second-order valence-electron chi connectivity index (χ2n) is 9.65. The number of hydrogen-bond donors (Lipinski definition) is 0. The standard InChI is InChI=1S/C28H37N3O4S/c1-7-13-36-20(4)26(32)29-11-9-28(10-12-29)25-15-19(3)14-23-21(16-22(34-5)17-24(23)35-6)18-30(25)27(33)31(28)8-2/h7,13,15-17,19H,4,8-12,14,18H2,1-3,5-6H3/b13-7-,25-15?/t19-/m1/s1. The largest absolute Gasteiger partial charge is 0.497 e. The quantitative estimate of drug-likeness (QED) is 0.493. The van der Waals surface area contributed by atoms with Gasteiger partial charge in [0.15, 0.2) is 0 Å². The predicted molar refractivity (Wildman–Crippen MR) is 144 cm³/mol. The molecule has 4 rings (SSSR count). The van der Waals surface area contributed by atoms with Crippen molar-refractivity contribution in [2.75, 3.05) is 33.9 Å². The van der Waals surface area contributed by atoms with Crippen LogP contribution in [0.15, 0.2) is 46.9 Å². The van der Waals surface area contributed by atoms with E-state index < -0.39 is 5.54 Å². The Hall–Kier alpha value is -2.87. The summed E-state index contributed by atoms with van der Waals surface area (Å²) in [6.07, 6.45) is 6.42. The highest BCUT2D eigenvalue weighted by molar-refractivity contribution is 8.06. The van der Waals surface area contributed by atoms with Crippen LogP contribution in [-0.4, -0.2) is 66.0 Å². The van der Waals surface area contributed by atoms with Gasteiger partial charge in [-0.1, -0.05) is 37.4 Å². The number of carbonyl (C=O) groups is 2. The lowest BCUT2D eigenvalue weighted by Crippen LogP contribution is -2.54. The van der Waals surface area contributed by atoms with Crippen LogP contribution in [-0.2, 0) is 17.8 Å². The van der Waals surface area contributed by atoms with Crippen molar-refractivity contribution in [3.8, 4) is 11.5 Å². The Morgan fingerprint density at radius 2 is 1.97 bits per heavy atom. The number of fused-ring (bicyclic) bond motifs is 3. The lowest BCUT2D eigenvalue weighted by atomic mass is 9.81. The lowest BCUT2D eigenvalue weighted by molar-refractivity contribution is -0.128. The highest BCUT2D eigenvalue weighted by Gasteiger charge is 2.54. The number of nitrogens with zero attached hydrogens (tertiary/aromatic N) is 3. The number of likely N-dealkylation sites (N-methyl/N-ethyl adjacent to an activating group) is 1. The summed E-state index contributed by atoms with van der Waals surface area (Å²) in [5, 5.41) is 1.88. The highest BCUT2D eigenvalue weighted by Crippen LogP contribution is 2.47. The van der Waals surface area contributed by atoms with Crippen molar-refractivity contribution < 1.29 is 19.1 Å². The molecule has 2 fully saturated rings. The maximum Gasteiger partial charge on any atom is 0.325 e. The van der Waals surface area contributed by atoms with Crippen LogP contribution in [0.2, 0.25) is 0 Å². The Kier molecular flexibility index (Phi) is 7.73. The fourth-order valence-electron chi connectivity index (χ4n) is 5.81. The van der Waals surface area contributed by atoms with E-state index in [0.29, 0.717) is 43.9 Å². The number of amides is 3. The van der Waals surface area contributed by atoms with E-state index >= 15 is 0 Å². The molecule has 3 aliphatic rings. The third-order valence-corrected chi connectivity index (χ3v) is 8.42. The van der Waals surface area contributed by atoms with Crippen molar-refractivity contribution in [1.82, 2.24) is 14.7 Å². The predicted octanol–water partition coefficient (Wildman–Crippen LogP) is 5.18. The average molecular weight is 512 g/mol. The number of carbonyl (C=O) groups excluding carboxylic acids is 2. The van der Waals surface area contributed by atoms with Gasteiger partial charge in [-0.3, -0.25) is 9.69 Å². The fraction of sp³-hybridized carbons (Fsp3) is 0.500. The number of piperidine rings is 1. The van der Waals surface area contributed by atoms with Crippen molar-refractivity contribution in [3.63, 3.8) is 0 Å². The molecular formula is C28H37N3O4S. The summed E-state index contributed by atoms with van der Waals surface area (Å²) in [5.74, 6) is 1.71. The highest BCUT2D eigenvalue weighted by atomic mass is 32.2. The minimum Gasteiger partial charge on any atom is -0.497 e. The van der Waals surface area contributed by atoms with E-state index in [0.717, 1.165) is 34.7 Å². The van der Waals surface area contributed by atoms with E-state index in [1.165, 1.54) is 11.8 Å². The topological polar surface area (TPSA) is 62.3 Å². The van der Waals surface area contributed by atoms with Crippen molar-refractivity contribution in [1.29, 1.82) is 0 Å². The summed E-state index contributed by atoms with van der Waals surface area (Å²) in [5.41, 5.74) is 2.84. The molecule has 0 aromatic heterocycles. The Balaban J connectivity index is 1.66. The van der Waals surface area contributed by atoms with E-state index in [1.54, 1.807) is 14.2 Å². The molecule has 0 radical (unpaired) electrons. The van der Waals surface area contributed by atoms with Crippen LogP contribution in [0.3, 0.4) is 0 Å². The van der Waals surface area contributed by atoms with Gasteiger partial charge in [0.2, 0.25) is 0 Å². The van der Waals surface area contributed by atoms with Gasteiger partial charge in [-0.2, -0.15) is 0 Å². The maximum absolute atomic E-state index is 13.8. The second kappa shape index (κ2) is 10.6. The zero-order chi connectivity index (χ0) is 26.0. The minimum atomic E-state index is -0.408. The van der Waals surface area contributed by atoms with E-state index in [1.807, 2.05) is 52.2 Å². The summed E-state index contributed by atoms with van der Waals surface area (Å²) in [6, 6.07) is 3.97. The number of hydrogen-bond acceptors (Lipinski definition) is 5. The smallest absolute Gasteiger partial charge is 0.325 e. The Bertz CT molecular complexity index is 1100. The van der Waals surface area contributed by atoms with Gasteiger partial charge in [-0.05, 0) is 61.6 Å². The molecule has 7 nitrogen and oxygen atoms in total. The third-order valence-electron chi connectivity index (χ3n) is 7.55. The molecule has 3 amide bonds. The lowest BCUT2D eigenvalue weighted by Gasteiger charge is -2.44. The van der Waals surface area contributed by atoms with Gasteiger partial charge < -0.3 is 19.3 Å². The van der Waals surface area contributed by atoms with Crippen LogP contribution >= 0.6 is 11.8 Å². The zero-order valence-corrected chi connectivity index (χ0v) is 22.8. The maximum atomic E-state index is 13.8. The molecule has 0 saturated carbocycles. The first-order chi connectivity index (χ1) is 17.3. The molecule has 3 heterocycles. The molecule has 8 heteroatoms. The molecule has 2 saturated heterocycles. The molecule has 36 heavy (non-hydrogen) atoms. The Morgan fingerprint density at radius 1 is 1.25 bits per heavy atom. The van der Waals surface area contributed by atoms with Gasteiger partial charge in [-0.25, -0.2) is 4.79 Å². The van der Waals surface area contributed by atoms with Crippen molar-refractivity contribution in [2.45, 2.75) is 52.1 Å². The average Bonchev–Trinajstić information content (AvgIpc) is 3.07. The number of urea groups is 1. The van der Waals surface area contributed by atoms with Crippen LogP contribution in [0.1, 0.15) is 44.7 Å². The second-order valence-corrected chi connectivity index (χ2v) is 10.6. The number of likely N-dealkylation sites (tertiary alicyclic amines) is 1. The summed E-state index contributed by atoms with van der Waals surface area (Å²) in [6.45, 7) is 12.4. The molecule has 1 aromatic rings. The zero-order valence-electron chi connectivity index (χ0n) is 22.0. The summed E-state index contributed by atoms with van der Waals surface area (Å²) in [4.78, 5) is 33.1. The number of ether oxygens (including phenoxy) is 2. The first-order valence-electron chi connectivity index (χ1n) is 12.6. The number of allylic oxidation sites excluding steroid dienone is 2. The molecular weight excluding hydrogens is 474 g/mol. The van der Waals surface area contributed by atoms with Crippen LogP contribution in [0.25, 0.3) is 0 Å². The Labute approximate surface area is 218 Å². The number of rotatable bonds is 6. The van der Waals surface area contributed by atoms with Gasteiger partial charge >= 0.3 is 6.03 Å². The van der Waals surface area contributed by atoms with E-state index in [-0.39, 0.29) is 17.9 Å². The van der Waals surface area contributed by atoms with E-state index in [9.17, 15) is 9.59 Å². The van der Waals surface area contributed by atoms with Crippen LogP contribution < -0.4 is 9.47 Å². The molecule has 3 aliphatic heterocycles. The van der Waals surface area contributed by atoms with Crippen LogP contribution in [0, 0.1) is 5.92 Å². The Morgan fingerprint density at radius 3 is 2.58 bits per heavy atom. The molecule has 1 spiro atoms. The first kappa shape index (κ1) is 26.2. The van der Waals surface area contributed by atoms with Gasteiger partial charge in [0.1, 0.15) is 11.5 Å². The number of benzene rings is 1. The van der Waals surface area contributed by atoms with Gasteiger partial charge in [0, 0.05) is 31.4 Å². The number of thioether (sulfide) groups is 1. The molecule has 0 bridgehead atoms. The van der Waals surface area contributed by atoms with Crippen molar-refractivity contribution >= 4 is 23.7 Å². The molecule has 194 valence electrons. The molecule has 1 atom stereocenters. The monoisotopic (exact) mass is 511 g/mol. The SMILES string of the molecule is C=C(S/C=C\C)C(=O)N1CCC2(CC1)C1=C[C@H](C)Cc3c(cc(OC)cc3OC)CN1C(=O)N2CC. The molecule has 0 aliphatic carbocycles. The minimum absolute atomic E-state index is 0.0229. The van der Waals surface area contributed by atoms with Gasteiger partial charge in [0.05, 0.1) is 31.2 Å².